The molecule has 1 aromatic carbocycles. The first-order valence-corrected chi connectivity index (χ1v) is 7.47. The van der Waals surface area contributed by atoms with E-state index in [9.17, 15) is 9.59 Å². The third-order valence-electron chi connectivity index (χ3n) is 3.44. The molecule has 0 spiro atoms. The highest BCUT2D eigenvalue weighted by Crippen LogP contribution is 2.22. The summed E-state index contributed by atoms with van der Waals surface area (Å²) >= 11 is 0. The molecule has 0 amide bonds. The number of carboxylic acids is 1. The number of carbonyl (C=O) groups excluding carboxylic acids is 1. The molecule has 7 nitrogen and oxygen atoms in total. The molecule has 0 saturated carbocycles. The Morgan fingerprint density at radius 1 is 1.21 bits per heavy atom. The zero-order valence-corrected chi connectivity index (χ0v) is 13.8. The van der Waals surface area contributed by atoms with E-state index in [-0.39, 0.29) is 25.2 Å². The second-order valence-corrected chi connectivity index (χ2v) is 5.49. The predicted molar refractivity (Wildman–Crippen MR) is 90.4 cm³/mol. The number of likely N-dealkylation sites (N-methyl/N-ethyl adjacent to an activating group) is 1. The van der Waals surface area contributed by atoms with Crippen molar-refractivity contribution in [2.45, 2.75) is 19.3 Å². The van der Waals surface area contributed by atoms with Crippen LogP contribution in [0.4, 0.5) is 0 Å². The maximum atomic E-state index is 12.2. The molecule has 0 aliphatic carbocycles. The second-order valence-electron chi connectivity index (χ2n) is 5.49. The molecule has 0 radical (unpaired) electrons. The number of nitrogens with zero attached hydrogens (tertiary/aromatic N) is 2. The van der Waals surface area contributed by atoms with Gasteiger partial charge in [0.15, 0.2) is 0 Å². The highest BCUT2D eigenvalue weighted by Gasteiger charge is 2.14. The van der Waals surface area contributed by atoms with Gasteiger partial charge in [-0.25, -0.2) is 0 Å². The molecule has 24 heavy (non-hydrogen) atoms. The lowest BCUT2D eigenvalue weighted by Gasteiger charge is -2.07. The van der Waals surface area contributed by atoms with Crippen LogP contribution < -0.4 is 0 Å². The number of hydrogen-bond donors (Lipinski definition) is 2. The van der Waals surface area contributed by atoms with Crippen molar-refractivity contribution >= 4 is 29.3 Å². The van der Waals surface area contributed by atoms with Crippen LogP contribution in [0.1, 0.15) is 23.2 Å². The van der Waals surface area contributed by atoms with Gasteiger partial charge >= 0.3 is 5.97 Å². The molecule has 0 aliphatic heterocycles. The summed E-state index contributed by atoms with van der Waals surface area (Å²) in [5.74, 6) is -1.13. The van der Waals surface area contributed by atoms with Crippen LogP contribution in [0.5, 0.6) is 0 Å². The van der Waals surface area contributed by atoms with E-state index in [1.807, 2.05) is 44.6 Å². The first kappa shape index (κ1) is 19.4. The van der Waals surface area contributed by atoms with E-state index in [0.717, 1.165) is 29.4 Å². The lowest BCUT2D eigenvalue weighted by molar-refractivity contribution is -0.137. The molecule has 2 rings (SSSR count). The van der Waals surface area contributed by atoms with Crippen molar-refractivity contribution in [3.63, 3.8) is 0 Å². The van der Waals surface area contributed by atoms with Gasteiger partial charge in [0.25, 0.3) is 6.47 Å². The summed E-state index contributed by atoms with van der Waals surface area (Å²) in [5.41, 5.74) is 1.96. The lowest BCUT2D eigenvalue weighted by Crippen LogP contribution is -2.15. The van der Waals surface area contributed by atoms with Gasteiger partial charge in [0.2, 0.25) is 5.91 Å². The Morgan fingerprint density at radius 2 is 1.83 bits per heavy atom. The second kappa shape index (κ2) is 9.46. The number of benzene rings is 1. The Morgan fingerprint density at radius 3 is 2.42 bits per heavy atom. The number of fused-ring (bicyclic) bond motifs is 1. The minimum atomic E-state index is -0.951. The molecular weight excluding hydrogens is 312 g/mol. The number of aromatic nitrogens is 1. The third kappa shape index (κ3) is 5.51. The standard InChI is InChI=1S/C16H20N2O3.CH2O2/c1-17(2)10-9-12-11-18(15(19)7-8-16(20)21)14-6-4-3-5-13(12)14;2-1-3/h3-6,11H,7-10H2,1-2H3,(H,20,21);1H,(H,2,3). The van der Waals surface area contributed by atoms with Gasteiger partial charge in [0.05, 0.1) is 11.9 Å². The molecule has 0 aliphatic rings. The van der Waals surface area contributed by atoms with Gasteiger partial charge in [-0.3, -0.25) is 19.0 Å². The van der Waals surface area contributed by atoms with Crippen molar-refractivity contribution in [1.29, 1.82) is 0 Å². The third-order valence-corrected chi connectivity index (χ3v) is 3.44. The van der Waals surface area contributed by atoms with E-state index < -0.39 is 5.97 Å². The van der Waals surface area contributed by atoms with Crippen LogP contribution in [-0.2, 0) is 16.0 Å². The molecule has 1 aromatic heterocycles. The van der Waals surface area contributed by atoms with Crippen molar-refractivity contribution in [2.75, 3.05) is 20.6 Å². The minimum absolute atomic E-state index is 0.0150. The number of aliphatic carboxylic acids is 1. The van der Waals surface area contributed by atoms with Crippen LogP contribution in [0.3, 0.4) is 0 Å². The van der Waals surface area contributed by atoms with Crippen LogP contribution in [-0.4, -0.2) is 58.7 Å². The molecular formula is C17H22N2O5. The van der Waals surface area contributed by atoms with Crippen LogP contribution in [0.15, 0.2) is 30.5 Å². The quantitative estimate of drug-likeness (QED) is 0.783. The molecule has 2 N–H and O–H groups in total. The van der Waals surface area contributed by atoms with Gasteiger partial charge in [0.1, 0.15) is 0 Å². The summed E-state index contributed by atoms with van der Waals surface area (Å²) in [6.45, 7) is 0.650. The van der Waals surface area contributed by atoms with Crippen molar-refractivity contribution in [1.82, 2.24) is 9.47 Å². The molecule has 0 atom stereocenters. The molecule has 130 valence electrons. The maximum Gasteiger partial charge on any atom is 0.303 e. The Hall–Kier alpha value is -2.67. The lowest BCUT2D eigenvalue weighted by atomic mass is 10.1. The Balaban J connectivity index is 0.000000891. The molecule has 2 aromatic rings. The SMILES string of the molecule is CN(C)CCc1cn(C(=O)CCC(=O)O)c2ccccc12.O=CO. The highest BCUT2D eigenvalue weighted by molar-refractivity contribution is 5.95. The molecule has 0 saturated heterocycles. The van der Waals surface area contributed by atoms with Crippen LogP contribution in [0.25, 0.3) is 10.9 Å². The zero-order valence-electron chi connectivity index (χ0n) is 13.8. The maximum absolute atomic E-state index is 12.2. The van der Waals surface area contributed by atoms with E-state index in [4.69, 9.17) is 15.0 Å². The number of carboxylic acid groups (broad SMARTS) is 2. The van der Waals surface area contributed by atoms with Gasteiger partial charge in [-0.15, -0.1) is 0 Å². The summed E-state index contributed by atoms with van der Waals surface area (Å²) in [6, 6.07) is 7.74. The molecule has 0 bridgehead atoms. The number of hydrogen-bond acceptors (Lipinski definition) is 4. The summed E-state index contributed by atoms with van der Waals surface area (Å²) in [5, 5.41) is 16.7. The normalized spacial score (nSPS) is 10.3. The summed E-state index contributed by atoms with van der Waals surface area (Å²) in [7, 11) is 4.02. The first-order valence-electron chi connectivity index (χ1n) is 7.47. The van der Waals surface area contributed by atoms with Gasteiger partial charge in [-0.2, -0.15) is 0 Å². The topological polar surface area (TPSA) is 99.8 Å². The van der Waals surface area contributed by atoms with Gasteiger partial charge < -0.3 is 15.1 Å². The average molecular weight is 334 g/mol. The first-order chi connectivity index (χ1) is 11.4. The largest absolute Gasteiger partial charge is 0.483 e. The number of para-hydroxylation sites is 1. The summed E-state index contributed by atoms with van der Waals surface area (Å²) < 4.78 is 1.59. The Labute approximate surface area is 140 Å². The fraction of sp³-hybridized carbons (Fsp3) is 0.353. The van der Waals surface area contributed by atoms with Crippen molar-refractivity contribution in [3.05, 3.63) is 36.0 Å². The number of rotatable bonds is 6. The van der Waals surface area contributed by atoms with Crippen LogP contribution >= 0.6 is 0 Å². The van der Waals surface area contributed by atoms with Crippen LogP contribution in [0.2, 0.25) is 0 Å². The fourth-order valence-corrected chi connectivity index (χ4v) is 2.33. The van der Waals surface area contributed by atoms with E-state index >= 15 is 0 Å². The molecule has 0 unspecified atom stereocenters. The van der Waals surface area contributed by atoms with E-state index in [0.29, 0.717) is 0 Å². The predicted octanol–water partition coefficient (Wildman–Crippen LogP) is 1.95. The van der Waals surface area contributed by atoms with Crippen molar-refractivity contribution in [2.24, 2.45) is 0 Å². The molecule has 1 heterocycles. The minimum Gasteiger partial charge on any atom is -0.483 e. The monoisotopic (exact) mass is 334 g/mol. The van der Waals surface area contributed by atoms with E-state index in [2.05, 4.69) is 4.90 Å². The van der Waals surface area contributed by atoms with Gasteiger partial charge in [-0.05, 0) is 32.1 Å². The van der Waals surface area contributed by atoms with E-state index in [1.165, 1.54) is 0 Å². The average Bonchev–Trinajstić information content (AvgIpc) is 2.90. The number of carbonyl (C=O) groups is 3. The smallest absolute Gasteiger partial charge is 0.303 e. The fourth-order valence-electron chi connectivity index (χ4n) is 2.33. The summed E-state index contributed by atoms with van der Waals surface area (Å²) in [4.78, 5) is 33.3. The summed E-state index contributed by atoms with van der Waals surface area (Å²) in [6.07, 6.45) is 2.57. The molecule has 7 heteroatoms. The molecule has 0 fully saturated rings. The van der Waals surface area contributed by atoms with Crippen LogP contribution in [0, 0.1) is 0 Å². The Kier molecular flexibility index (Phi) is 7.64. The van der Waals surface area contributed by atoms with Gasteiger partial charge in [0, 0.05) is 24.5 Å². The highest BCUT2D eigenvalue weighted by atomic mass is 16.4. The van der Waals surface area contributed by atoms with Crippen molar-refractivity contribution < 1.29 is 24.6 Å². The van der Waals surface area contributed by atoms with Crippen molar-refractivity contribution in [3.8, 4) is 0 Å². The van der Waals surface area contributed by atoms with E-state index in [1.54, 1.807) is 4.57 Å². The zero-order chi connectivity index (χ0) is 18.1. The van der Waals surface area contributed by atoms with Gasteiger partial charge in [-0.1, -0.05) is 18.2 Å². The Bertz CT molecular complexity index is 706.